The highest BCUT2D eigenvalue weighted by atomic mass is 16.7. The van der Waals surface area contributed by atoms with Crippen LogP contribution in [0.25, 0.3) is 0 Å². The highest BCUT2D eigenvalue weighted by molar-refractivity contribution is 5.76. The van der Waals surface area contributed by atoms with Crippen molar-refractivity contribution in [2.45, 2.75) is 434 Å². The van der Waals surface area contributed by atoms with E-state index < -0.39 is 86.8 Å². The Labute approximate surface area is 599 Å². The van der Waals surface area contributed by atoms with E-state index in [1.54, 1.807) is 6.08 Å². The summed E-state index contributed by atoms with van der Waals surface area (Å²) in [7, 11) is 0. The van der Waals surface area contributed by atoms with Gasteiger partial charge in [-0.1, -0.05) is 356 Å². The molecule has 14 heteroatoms. The summed E-state index contributed by atoms with van der Waals surface area (Å²) < 4.78 is 22.9. The molecule has 572 valence electrons. The molecule has 2 aliphatic rings. The van der Waals surface area contributed by atoms with Gasteiger partial charge in [0.25, 0.3) is 0 Å². The molecule has 0 spiro atoms. The Hall–Kier alpha value is -2.57. The molecule has 12 atom stereocenters. The number of amides is 1. The minimum Gasteiger partial charge on any atom is -0.394 e. The van der Waals surface area contributed by atoms with Crippen LogP contribution in [0.2, 0.25) is 0 Å². The molecule has 98 heavy (non-hydrogen) atoms. The third-order valence-corrected chi connectivity index (χ3v) is 19.9. The predicted octanol–water partition coefficient (Wildman–Crippen LogP) is 18.9. The molecule has 12 unspecified atom stereocenters. The molecule has 1 amide bonds. The van der Waals surface area contributed by atoms with Crippen LogP contribution in [0.4, 0.5) is 0 Å². The zero-order valence-electron chi connectivity index (χ0n) is 62.8. The first kappa shape index (κ1) is 91.5. The van der Waals surface area contributed by atoms with Gasteiger partial charge in [0, 0.05) is 6.42 Å². The smallest absolute Gasteiger partial charge is 0.220 e. The Morgan fingerprint density at radius 2 is 0.714 bits per heavy atom. The van der Waals surface area contributed by atoms with Crippen LogP contribution in [0.15, 0.2) is 72.9 Å². The molecule has 0 aromatic heterocycles. The molecule has 0 aromatic carbocycles. The number of carbonyl (C=O) groups is 1. The second-order valence-corrected chi connectivity index (χ2v) is 28.9. The van der Waals surface area contributed by atoms with E-state index in [2.05, 4.69) is 79.9 Å². The lowest BCUT2D eigenvalue weighted by Crippen LogP contribution is -2.65. The molecule has 0 aliphatic carbocycles. The maximum Gasteiger partial charge on any atom is 0.220 e. The number of hydrogen-bond donors (Lipinski definition) is 9. The molecule has 0 aromatic rings. The van der Waals surface area contributed by atoms with Crippen molar-refractivity contribution in [1.82, 2.24) is 5.32 Å². The number of aliphatic hydroxyl groups is 8. The number of ether oxygens (including phenoxy) is 4. The highest BCUT2D eigenvalue weighted by Gasteiger charge is 2.51. The zero-order valence-corrected chi connectivity index (χ0v) is 62.8. The molecule has 2 saturated heterocycles. The standard InChI is InChI=1S/C84H153NO13/c1-3-5-7-9-11-13-15-17-19-21-23-25-27-29-31-33-35-36-38-39-41-43-45-47-49-51-53-55-57-59-61-63-65-67-73(88)72(71-95-83-81(94)79(92)82(75(70-87)97-83)98-84-80(93)78(91)77(90)74(69-86)96-84)85-76(89)68-66-64-62-60-58-56-54-52-50-48-46-44-42-40-37-34-32-30-28-26-24-22-20-18-16-14-12-10-8-6-4-2/h6,8,12,14,18,20,24,26,57,59,65,67,72-75,77-84,86-88,90-94H,3-5,7,9-11,13,15-17,19,21-23,25,27-56,58,60-64,66,68-71H2,1-2H3,(H,85,89)/b8-6-,14-12-,20-18-,26-24-,59-57+,67-65+. The average molecular weight is 1390 g/mol. The number of aliphatic hydroxyl groups excluding tert-OH is 8. The van der Waals surface area contributed by atoms with Crippen molar-refractivity contribution in [3.63, 3.8) is 0 Å². The molecule has 14 nitrogen and oxygen atoms in total. The fourth-order valence-electron chi connectivity index (χ4n) is 13.4. The number of carbonyl (C=O) groups excluding carboxylic acids is 1. The lowest BCUT2D eigenvalue weighted by atomic mass is 9.97. The fraction of sp³-hybridized carbons (Fsp3) is 0.845. The summed E-state index contributed by atoms with van der Waals surface area (Å²) in [4.78, 5) is 13.4. The van der Waals surface area contributed by atoms with Crippen LogP contribution in [-0.4, -0.2) is 140 Å². The average Bonchev–Trinajstić information content (AvgIpc) is 0.793. The summed E-state index contributed by atoms with van der Waals surface area (Å²) in [6, 6.07) is -0.936. The Morgan fingerprint density at radius 3 is 1.12 bits per heavy atom. The van der Waals surface area contributed by atoms with Crippen LogP contribution in [0.5, 0.6) is 0 Å². The predicted molar refractivity (Wildman–Crippen MR) is 406 cm³/mol. The second-order valence-electron chi connectivity index (χ2n) is 28.9. The van der Waals surface area contributed by atoms with Crippen molar-refractivity contribution in [3.8, 4) is 0 Å². The maximum absolute atomic E-state index is 13.4. The summed E-state index contributed by atoms with van der Waals surface area (Å²) in [5.41, 5.74) is 0. The Kier molecular flexibility index (Phi) is 63.1. The van der Waals surface area contributed by atoms with Gasteiger partial charge in [-0.3, -0.25) is 4.79 Å². The summed E-state index contributed by atoms with van der Waals surface area (Å²) >= 11 is 0. The van der Waals surface area contributed by atoms with Gasteiger partial charge in [0.05, 0.1) is 32.0 Å². The molecule has 2 aliphatic heterocycles. The van der Waals surface area contributed by atoms with Crippen LogP contribution in [-0.2, 0) is 23.7 Å². The molecule has 0 radical (unpaired) electrons. The number of nitrogens with one attached hydrogen (secondary N) is 1. The van der Waals surface area contributed by atoms with E-state index in [9.17, 15) is 45.6 Å². The molecular weight excluding hydrogens is 1230 g/mol. The largest absolute Gasteiger partial charge is 0.394 e. The van der Waals surface area contributed by atoms with Crippen molar-refractivity contribution in [2.75, 3.05) is 19.8 Å². The number of hydrogen-bond acceptors (Lipinski definition) is 13. The van der Waals surface area contributed by atoms with E-state index >= 15 is 0 Å². The van der Waals surface area contributed by atoms with Gasteiger partial charge >= 0.3 is 0 Å². The van der Waals surface area contributed by atoms with Gasteiger partial charge < -0.3 is 65.1 Å². The number of allylic oxidation sites excluding steroid dienone is 11. The van der Waals surface area contributed by atoms with Crippen molar-refractivity contribution >= 4 is 5.91 Å². The summed E-state index contributed by atoms with van der Waals surface area (Å²) in [5, 5.41) is 87.7. The first-order valence-electron chi connectivity index (χ1n) is 41.2. The Balaban J connectivity index is 1.62. The van der Waals surface area contributed by atoms with Crippen LogP contribution < -0.4 is 5.32 Å². The summed E-state index contributed by atoms with van der Waals surface area (Å²) in [6.45, 7) is 2.72. The van der Waals surface area contributed by atoms with Crippen molar-refractivity contribution in [2.24, 2.45) is 0 Å². The van der Waals surface area contributed by atoms with Crippen LogP contribution in [0.1, 0.15) is 361 Å². The van der Waals surface area contributed by atoms with Gasteiger partial charge in [-0.2, -0.15) is 0 Å². The highest BCUT2D eigenvalue weighted by Crippen LogP contribution is 2.30. The van der Waals surface area contributed by atoms with E-state index in [-0.39, 0.29) is 18.9 Å². The molecule has 0 saturated carbocycles. The molecule has 0 bridgehead atoms. The Bertz CT molecular complexity index is 1920. The van der Waals surface area contributed by atoms with E-state index in [4.69, 9.17) is 18.9 Å². The van der Waals surface area contributed by atoms with Gasteiger partial charge in [0.2, 0.25) is 5.91 Å². The first-order chi connectivity index (χ1) is 48.1. The van der Waals surface area contributed by atoms with Gasteiger partial charge in [-0.15, -0.1) is 0 Å². The van der Waals surface area contributed by atoms with Gasteiger partial charge in [-0.05, 0) is 70.6 Å². The van der Waals surface area contributed by atoms with Crippen molar-refractivity contribution in [1.29, 1.82) is 0 Å². The maximum atomic E-state index is 13.4. The summed E-state index contributed by atoms with van der Waals surface area (Å²) in [5.74, 6) is -0.245. The third-order valence-electron chi connectivity index (χ3n) is 19.9. The quantitative estimate of drug-likeness (QED) is 0.0204. The monoisotopic (exact) mass is 1380 g/mol. The Morgan fingerprint density at radius 1 is 0.378 bits per heavy atom. The van der Waals surface area contributed by atoms with Crippen LogP contribution in [0.3, 0.4) is 0 Å². The van der Waals surface area contributed by atoms with Gasteiger partial charge in [-0.25, -0.2) is 0 Å². The number of unbranched alkanes of at least 4 members (excludes halogenated alkanes) is 46. The van der Waals surface area contributed by atoms with Crippen LogP contribution in [0, 0.1) is 0 Å². The molecule has 2 rings (SSSR count). The number of rotatable bonds is 69. The van der Waals surface area contributed by atoms with Gasteiger partial charge in [0.1, 0.15) is 48.8 Å². The minimum atomic E-state index is -1.79. The van der Waals surface area contributed by atoms with E-state index in [1.165, 1.54) is 270 Å². The van der Waals surface area contributed by atoms with Crippen molar-refractivity contribution < 1.29 is 64.6 Å². The molecule has 2 fully saturated rings. The molecular formula is C84H153NO13. The minimum absolute atomic E-state index is 0.245. The van der Waals surface area contributed by atoms with Crippen LogP contribution >= 0.6 is 0 Å². The zero-order chi connectivity index (χ0) is 70.8. The first-order valence-corrected chi connectivity index (χ1v) is 41.2. The van der Waals surface area contributed by atoms with Crippen molar-refractivity contribution in [3.05, 3.63) is 72.9 Å². The summed E-state index contributed by atoms with van der Waals surface area (Å²) in [6.07, 6.45) is 77.1. The SMILES string of the molecule is CC/C=C\C/C=C\C/C=C\C/C=C\CCCCCCCCCCCCCCCCCCCCC(=O)NC(COC1OC(CO)C(OC2OC(CO)C(O)C(O)C2O)C(O)C1O)C(O)/C=C/CC/C=C/CCCCCCCCCCCCCCCCCCCCCCCCCCCCC. The topological polar surface area (TPSA) is 228 Å². The van der Waals surface area contributed by atoms with Gasteiger partial charge in [0.15, 0.2) is 12.6 Å². The second kappa shape index (κ2) is 67.6. The van der Waals surface area contributed by atoms with E-state index in [0.29, 0.717) is 12.8 Å². The lowest BCUT2D eigenvalue weighted by molar-refractivity contribution is -0.359. The molecule has 2 heterocycles. The molecule has 9 N–H and O–H groups in total. The fourth-order valence-corrected chi connectivity index (χ4v) is 13.4. The van der Waals surface area contributed by atoms with E-state index in [0.717, 1.165) is 57.8 Å². The third kappa shape index (κ3) is 49.9. The normalized spacial score (nSPS) is 22.4. The van der Waals surface area contributed by atoms with E-state index in [1.807, 2.05) is 6.08 Å². The lowest BCUT2D eigenvalue weighted by Gasteiger charge is -2.46.